The Morgan fingerprint density at radius 3 is 2.95 bits per heavy atom. The van der Waals surface area contributed by atoms with Crippen LogP contribution in [0.4, 0.5) is 16.6 Å². The van der Waals surface area contributed by atoms with E-state index in [-0.39, 0.29) is 35.5 Å². The molecule has 5 rings (SSSR count). The molecule has 2 aromatic rings. The van der Waals surface area contributed by atoms with Crippen LogP contribution in [-0.4, -0.2) is 88.3 Å². The van der Waals surface area contributed by atoms with Crippen LogP contribution in [-0.2, 0) is 25.8 Å². The van der Waals surface area contributed by atoms with Crippen molar-refractivity contribution in [3.63, 3.8) is 0 Å². The summed E-state index contributed by atoms with van der Waals surface area (Å²) in [5.74, 6) is -1.56. The van der Waals surface area contributed by atoms with Crippen molar-refractivity contribution in [1.82, 2.24) is 24.9 Å². The lowest BCUT2D eigenvalue weighted by Gasteiger charge is -2.50. The van der Waals surface area contributed by atoms with Gasteiger partial charge in [0.25, 0.3) is 17.6 Å². The van der Waals surface area contributed by atoms with E-state index < -0.39 is 29.2 Å². The molecule has 0 aliphatic carbocycles. The number of fused-ring (bicyclic) bond motifs is 2. The largest absolute Gasteiger partial charge is 0.543 e. The Balaban J connectivity index is 1.33. The number of amides is 2. The second-order valence-electron chi connectivity index (χ2n) is 9.34. The molecule has 0 spiro atoms. The Bertz CT molecular complexity index is 1410. The second kappa shape index (κ2) is 12.3. The molecule has 0 bridgehead atoms. The summed E-state index contributed by atoms with van der Waals surface area (Å²) < 4.78 is 5.94. The number of hydrogen-bond acceptors (Lipinski definition) is 14. The summed E-state index contributed by atoms with van der Waals surface area (Å²) in [5, 5.41) is 24.8. The van der Waals surface area contributed by atoms with Crippen LogP contribution in [0.2, 0.25) is 0 Å². The minimum Gasteiger partial charge on any atom is -0.543 e. The zero-order valence-corrected chi connectivity index (χ0v) is 24.1. The first-order valence-corrected chi connectivity index (χ1v) is 14.8. The maximum atomic E-state index is 13.2. The van der Waals surface area contributed by atoms with Crippen molar-refractivity contribution in [3.8, 4) is 0 Å². The van der Waals surface area contributed by atoms with E-state index in [0.717, 1.165) is 42.5 Å². The van der Waals surface area contributed by atoms with Gasteiger partial charge in [-0.1, -0.05) is 5.16 Å². The molecule has 5 N–H and O–H groups in total. The van der Waals surface area contributed by atoms with Gasteiger partial charge in [-0.15, -0.1) is 11.8 Å². The Morgan fingerprint density at radius 2 is 2.24 bits per heavy atom. The number of carboxylic acid groups (broad SMARTS) is 1. The van der Waals surface area contributed by atoms with Gasteiger partial charge in [0.05, 0.1) is 17.9 Å². The molecule has 218 valence electrons. The summed E-state index contributed by atoms with van der Waals surface area (Å²) in [6.45, 7) is 4.57. The van der Waals surface area contributed by atoms with E-state index in [1.165, 1.54) is 16.7 Å². The minimum absolute atomic E-state index is 0.0300. The van der Waals surface area contributed by atoms with Gasteiger partial charge in [-0.05, 0) is 39.1 Å². The molecule has 17 heteroatoms. The van der Waals surface area contributed by atoms with Crippen molar-refractivity contribution >= 4 is 63.4 Å². The third-order valence-corrected chi connectivity index (χ3v) is 8.61. The van der Waals surface area contributed by atoms with E-state index in [1.807, 2.05) is 29.9 Å². The molecule has 1 saturated heterocycles. The number of thioether (sulfide) groups is 1. The molecule has 15 nitrogen and oxygen atoms in total. The topological polar surface area (TPSA) is 194 Å². The van der Waals surface area contributed by atoms with Crippen LogP contribution in [0.1, 0.15) is 19.2 Å². The van der Waals surface area contributed by atoms with Crippen molar-refractivity contribution in [1.29, 1.82) is 0 Å². The van der Waals surface area contributed by atoms with Crippen molar-refractivity contribution in [2.24, 2.45) is 5.16 Å². The smallest absolute Gasteiger partial charge is 0.300 e. The molecule has 0 aromatic carbocycles. The number of nitrogen functional groups attached to an aromatic ring is 1. The first-order valence-electron chi connectivity index (χ1n) is 13.0. The number of carbonyl (C=O) groups excluding carboxylic acids is 3. The number of β-lactam (4-membered cyclic amide) rings is 1. The van der Waals surface area contributed by atoms with Crippen molar-refractivity contribution in [2.75, 3.05) is 55.1 Å². The van der Waals surface area contributed by atoms with Gasteiger partial charge < -0.3 is 36.0 Å². The maximum Gasteiger partial charge on any atom is 0.300 e. The highest BCUT2D eigenvalue weighted by atomic mass is 32.2. The van der Waals surface area contributed by atoms with Gasteiger partial charge in [-0.2, -0.15) is 9.36 Å². The van der Waals surface area contributed by atoms with Crippen molar-refractivity contribution in [3.05, 3.63) is 35.4 Å². The normalized spacial score (nSPS) is 19.9. The van der Waals surface area contributed by atoms with Crippen LogP contribution in [0.5, 0.6) is 0 Å². The van der Waals surface area contributed by atoms with Gasteiger partial charge in [0.1, 0.15) is 30.3 Å². The number of anilines is 3. The Morgan fingerprint density at radius 1 is 1.41 bits per heavy atom. The lowest BCUT2D eigenvalue weighted by molar-refractivity contribution is -0.674. The molecule has 3 aliphatic rings. The molecule has 2 amide bonds. The lowest BCUT2D eigenvalue weighted by atomic mass is 10.0. The van der Waals surface area contributed by atoms with E-state index in [2.05, 4.69) is 35.4 Å². The van der Waals surface area contributed by atoms with Crippen LogP contribution >= 0.6 is 23.3 Å². The van der Waals surface area contributed by atoms with Crippen molar-refractivity contribution < 1.29 is 28.9 Å². The number of aromatic nitrogens is 3. The third-order valence-electron chi connectivity index (χ3n) is 6.72. The molecule has 0 unspecified atom stereocenters. The van der Waals surface area contributed by atoms with Gasteiger partial charge in [-0.3, -0.25) is 19.8 Å². The van der Waals surface area contributed by atoms with Crippen LogP contribution in [0.15, 0.2) is 34.8 Å². The number of nitrogens with zero attached hydrogens (tertiary/aromatic N) is 6. The zero-order chi connectivity index (χ0) is 29.1. The molecule has 3 aliphatic heterocycles. The van der Waals surface area contributed by atoms with Gasteiger partial charge in [-0.25, -0.2) is 4.57 Å². The summed E-state index contributed by atoms with van der Waals surface area (Å²) in [6.07, 6.45) is 2.85. The molecule has 2 atom stereocenters. The van der Waals surface area contributed by atoms with E-state index in [4.69, 9.17) is 10.6 Å². The molecule has 0 radical (unpaired) electrons. The van der Waals surface area contributed by atoms with Gasteiger partial charge in [0.2, 0.25) is 11.5 Å². The van der Waals surface area contributed by atoms with E-state index in [0.29, 0.717) is 18.0 Å². The van der Waals surface area contributed by atoms with E-state index in [9.17, 15) is 19.5 Å². The first-order chi connectivity index (χ1) is 19.8. The summed E-state index contributed by atoms with van der Waals surface area (Å²) in [7, 11) is 1.92. The Hall–Kier alpha value is -3.96. The number of rotatable bonds is 12. The number of nitrogens with two attached hydrogens (primary N) is 1. The van der Waals surface area contributed by atoms with Crippen LogP contribution < -0.4 is 36.3 Å². The summed E-state index contributed by atoms with van der Waals surface area (Å²) in [5.41, 5.74) is 6.81. The highest BCUT2D eigenvalue weighted by molar-refractivity contribution is 8.00. The van der Waals surface area contributed by atoms with E-state index >= 15 is 0 Å². The molecular weight excluding hydrogens is 572 g/mol. The first kappa shape index (κ1) is 28.6. The molecule has 1 fully saturated rings. The summed E-state index contributed by atoms with van der Waals surface area (Å²) in [6, 6.07) is 2.96. The number of carboxylic acids is 1. The fraction of sp³-hybridized carbons (Fsp3) is 0.458. The number of oxime groups is 1. The monoisotopic (exact) mass is 602 g/mol. The Labute approximate surface area is 244 Å². The summed E-state index contributed by atoms with van der Waals surface area (Å²) in [4.78, 5) is 51.0. The SMILES string of the molecule is CCO/N=C(\C(=O)N[C@@H]1C(=O)N2C(C(=O)[O-])=C(C[n+]3cccc4c3NCN4CCCNC)CS[C@H]12)c1nsc(N)n1. The molecular formula is C24H30N10O5S2. The van der Waals surface area contributed by atoms with Crippen LogP contribution in [0.3, 0.4) is 0 Å². The fourth-order valence-electron chi connectivity index (χ4n) is 4.87. The number of carbonyl (C=O) groups is 3. The van der Waals surface area contributed by atoms with Crippen LogP contribution in [0, 0.1) is 0 Å². The van der Waals surface area contributed by atoms with Crippen LogP contribution in [0.25, 0.3) is 0 Å². The molecule has 5 heterocycles. The lowest BCUT2D eigenvalue weighted by Crippen LogP contribution is -2.71. The standard InChI is InChI=1S/C24H30N10O5S2/c1-3-39-30-15(18-29-24(25)41-31-18)20(35)28-16-21(36)34-17(23(37)38)13(11-40-22(16)34)10-32-8-4-6-14-19(32)27-12-33(14)9-5-7-26-2/h4,6,8,16,22,26H,3,5,7,9-12H2,1-2H3,(H4,25,28,29,31,35,37,38)/b30-15-/t16-,22-/m1/s1. The van der Waals surface area contributed by atoms with E-state index in [1.54, 1.807) is 6.92 Å². The highest BCUT2D eigenvalue weighted by Crippen LogP contribution is 2.40. The van der Waals surface area contributed by atoms with Gasteiger partial charge >= 0.3 is 0 Å². The maximum absolute atomic E-state index is 13.2. The average molecular weight is 603 g/mol. The number of pyridine rings is 1. The quantitative estimate of drug-likeness (QED) is 0.0691. The number of nitrogens with one attached hydrogen (secondary N) is 3. The predicted molar refractivity (Wildman–Crippen MR) is 151 cm³/mol. The fourth-order valence-corrected chi connectivity index (χ4v) is 6.64. The third kappa shape index (κ3) is 5.64. The summed E-state index contributed by atoms with van der Waals surface area (Å²) >= 11 is 2.25. The average Bonchev–Trinajstić information content (AvgIpc) is 3.58. The highest BCUT2D eigenvalue weighted by Gasteiger charge is 2.53. The predicted octanol–water partition coefficient (Wildman–Crippen LogP) is -1.95. The molecule has 2 aromatic heterocycles. The molecule has 0 saturated carbocycles. The number of hydrogen-bond donors (Lipinski definition) is 4. The second-order valence-corrected chi connectivity index (χ2v) is 11.2. The zero-order valence-electron chi connectivity index (χ0n) is 22.5. The van der Waals surface area contributed by atoms with Gasteiger partial charge in [0.15, 0.2) is 11.8 Å². The van der Waals surface area contributed by atoms with Crippen molar-refractivity contribution in [2.45, 2.75) is 31.3 Å². The Kier molecular flexibility index (Phi) is 8.55. The minimum atomic E-state index is -1.45. The van der Waals surface area contributed by atoms with Gasteiger partial charge in [0, 0.05) is 29.4 Å². The molecule has 41 heavy (non-hydrogen) atoms. The number of aliphatic carboxylic acids is 1.